The molecule has 0 spiro atoms. The molecule has 0 saturated carbocycles. The van der Waals surface area contributed by atoms with Gasteiger partial charge in [-0.25, -0.2) is 4.98 Å². The second kappa shape index (κ2) is 4.92. The van der Waals surface area contributed by atoms with Gasteiger partial charge < -0.3 is 10.0 Å². The van der Waals surface area contributed by atoms with Crippen LogP contribution in [-0.2, 0) is 20.2 Å². The zero-order valence-corrected chi connectivity index (χ0v) is 9.91. The largest absolute Gasteiger partial charge is 0.390 e. The highest BCUT2D eigenvalue weighted by atomic mass is 16.3. The molecule has 0 atom stereocenters. The summed E-state index contributed by atoms with van der Waals surface area (Å²) in [6, 6.07) is 0. The lowest BCUT2D eigenvalue weighted by atomic mass is 10.3. The average molecular weight is 233 g/mol. The fourth-order valence-electron chi connectivity index (χ4n) is 1.56. The molecular formula is C11H15N5O. The van der Waals surface area contributed by atoms with E-state index in [4.69, 9.17) is 5.11 Å². The first kappa shape index (κ1) is 11.5. The van der Waals surface area contributed by atoms with E-state index in [9.17, 15) is 0 Å². The molecule has 2 aromatic heterocycles. The molecule has 17 heavy (non-hydrogen) atoms. The van der Waals surface area contributed by atoms with Gasteiger partial charge in [0.2, 0.25) is 0 Å². The molecule has 0 aliphatic rings. The molecule has 0 fully saturated rings. The van der Waals surface area contributed by atoms with Crippen LogP contribution < -0.4 is 4.90 Å². The Labute approximate surface area is 99.5 Å². The molecule has 0 unspecified atom stereocenters. The first-order chi connectivity index (χ1) is 8.19. The number of aliphatic hydroxyl groups excluding tert-OH is 1. The molecule has 0 aliphatic carbocycles. The molecule has 0 saturated heterocycles. The van der Waals surface area contributed by atoms with Crippen LogP contribution in [0.1, 0.15) is 11.3 Å². The molecule has 0 amide bonds. The second-order valence-corrected chi connectivity index (χ2v) is 3.91. The summed E-state index contributed by atoms with van der Waals surface area (Å²) < 4.78 is 1.76. The van der Waals surface area contributed by atoms with Crippen molar-refractivity contribution in [3.05, 3.63) is 36.0 Å². The number of aromatic nitrogens is 4. The van der Waals surface area contributed by atoms with Crippen molar-refractivity contribution in [1.82, 2.24) is 19.7 Å². The Morgan fingerprint density at radius 1 is 1.35 bits per heavy atom. The van der Waals surface area contributed by atoms with Gasteiger partial charge in [-0.15, -0.1) is 0 Å². The number of hydrogen-bond acceptors (Lipinski definition) is 5. The van der Waals surface area contributed by atoms with Crippen LogP contribution in [0.3, 0.4) is 0 Å². The minimum absolute atomic E-state index is 0.0957. The summed E-state index contributed by atoms with van der Waals surface area (Å²) in [6.07, 6.45) is 7.01. The number of nitrogens with zero attached hydrogens (tertiary/aromatic N) is 5. The Hall–Kier alpha value is -1.95. The zero-order valence-electron chi connectivity index (χ0n) is 9.91. The highest BCUT2D eigenvalue weighted by molar-refractivity contribution is 5.36. The van der Waals surface area contributed by atoms with Gasteiger partial charge in [-0.05, 0) is 0 Å². The molecule has 0 bridgehead atoms. The number of hydrogen-bond donors (Lipinski definition) is 1. The van der Waals surface area contributed by atoms with Gasteiger partial charge in [-0.1, -0.05) is 0 Å². The third kappa shape index (κ3) is 2.79. The van der Waals surface area contributed by atoms with Crippen molar-refractivity contribution in [3.8, 4) is 0 Å². The van der Waals surface area contributed by atoms with Crippen molar-refractivity contribution in [1.29, 1.82) is 0 Å². The molecule has 0 aliphatic heterocycles. The summed E-state index contributed by atoms with van der Waals surface area (Å²) in [5.41, 5.74) is 1.67. The van der Waals surface area contributed by atoms with Crippen LogP contribution in [0.4, 0.5) is 5.82 Å². The summed E-state index contributed by atoms with van der Waals surface area (Å²) in [5.74, 6) is 0.736. The maximum atomic E-state index is 9.00. The van der Waals surface area contributed by atoms with E-state index in [1.165, 1.54) is 0 Å². The van der Waals surface area contributed by atoms with E-state index in [0.29, 0.717) is 12.2 Å². The lowest BCUT2D eigenvalue weighted by Gasteiger charge is -2.17. The first-order valence-electron chi connectivity index (χ1n) is 5.29. The van der Waals surface area contributed by atoms with Gasteiger partial charge in [0.05, 0.1) is 30.9 Å². The Morgan fingerprint density at radius 2 is 2.18 bits per heavy atom. The highest BCUT2D eigenvalue weighted by Gasteiger charge is 2.06. The van der Waals surface area contributed by atoms with Crippen molar-refractivity contribution < 1.29 is 5.11 Å². The minimum Gasteiger partial charge on any atom is -0.390 e. The Balaban J connectivity index is 2.11. The fraction of sp³-hybridized carbons (Fsp3) is 0.364. The maximum absolute atomic E-state index is 9.00. The van der Waals surface area contributed by atoms with Crippen molar-refractivity contribution in [2.45, 2.75) is 13.2 Å². The predicted octanol–water partition coefficient (Wildman–Crippen LogP) is 0.339. The molecule has 6 heteroatoms. The third-order valence-corrected chi connectivity index (χ3v) is 2.40. The summed E-state index contributed by atoms with van der Waals surface area (Å²) >= 11 is 0. The van der Waals surface area contributed by atoms with Gasteiger partial charge in [0.25, 0.3) is 0 Å². The van der Waals surface area contributed by atoms with E-state index in [1.807, 2.05) is 31.4 Å². The number of aliphatic hydroxyl groups is 1. The molecular weight excluding hydrogens is 218 g/mol. The van der Waals surface area contributed by atoms with Crippen LogP contribution in [-0.4, -0.2) is 31.9 Å². The van der Waals surface area contributed by atoms with Crippen LogP contribution in [0, 0.1) is 0 Å². The molecule has 2 heterocycles. The van der Waals surface area contributed by atoms with Gasteiger partial charge in [0.15, 0.2) is 0 Å². The quantitative estimate of drug-likeness (QED) is 0.824. The molecule has 0 radical (unpaired) electrons. The van der Waals surface area contributed by atoms with E-state index in [0.717, 1.165) is 11.4 Å². The van der Waals surface area contributed by atoms with Gasteiger partial charge in [0.1, 0.15) is 5.82 Å². The van der Waals surface area contributed by atoms with Crippen LogP contribution in [0.2, 0.25) is 0 Å². The van der Waals surface area contributed by atoms with Crippen molar-refractivity contribution in [2.24, 2.45) is 7.05 Å². The molecule has 6 nitrogen and oxygen atoms in total. The molecule has 90 valence electrons. The normalized spacial score (nSPS) is 10.5. The van der Waals surface area contributed by atoms with Gasteiger partial charge >= 0.3 is 0 Å². The molecule has 2 aromatic rings. The Kier molecular flexibility index (Phi) is 3.34. The van der Waals surface area contributed by atoms with Crippen LogP contribution in [0.25, 0.3) is 0 Å². The maximum Gasteiger partial charge on any atom is 0.147 e. The number of anilines is 1. The minimum atomic E-state index is -0.0957. The van der Waals surface area contributed by atoms with Crippen molar-refractivity contribution >= 4 is 5.82 Å². The molecule has 2 rings (SSSR count). The SMILES string of the molecule is CN(Cc1cnn(C)c1)c1cncc(CO)n1. The summed E-state index contributed by atoms with van der Waals surface area (Å²) in [5, 5.41) is 13.1. The summed E-state index contributed by atoms with van der Waals surface area (Å²) in [6.45, 7) is 0.610. The first-order valence-corrected chi connectivity index (χ1v) is 5.29. The molecule has 1 N–H and O–H groups in total. The third-order valence-electron chi connectivity index (χ3n) is 2.40. The fourth-order valence-corrected chi connectivity index (χ4v) is 1.56. The lowest BCUT2D eigenvalue weighted by molar-refractivity contribution is 0.276. The van der Waals surface area contributed by atoms with E-state index in [-0.39, 0.29) is 6.61 Å². The van der Waals surface area contributed by atoms with Crippen molar-refractivity contribution in [3.63, 3.8) is 0 Å². The van der Waals surface area contributed by atoms with Gasteiger partial charge in [-0.3, -0.25) is 9.67 Å². The Morgan fingerprint density at radius 3 is 2.82 bits per heavy atom. The van der Waals surface area contributed by atoms with Gasteiger partial charge in [0, 0.05) is 32.4 Å². The standard InChI is InChI=1S/C11H15N5O/c1-15(6-9-3-13-16(2)7-9)11-5-12-4-10(8-17)14-11/h3-5,7,17H,6,8H2,1-2H3. The van der Waals surface area contributed by atoms with E-state index in [2.05, 4.69) is 15.1 Å². The smallest absolute Gasteiger partial charge is 0.147 e. The van der Waals surface area contributed by atoms with E-state index < -0.39 is 0 Å². The van der Waals surface area contributed by atoms with Crippen molar-refractivity contribution in [2.75, 3.05) is 11.9 Å². The second-order valence-electron chi connectivity index (χ2n) is 3.91. The van der Waals surface area contributed by atoms with Crippen LogP contribution in [0.15, 0.2) is 24.8 Å². The topological polar surface area (TPSA) is 67.1 Å². The van der Waals surface area contributed by atoms with E-state index >= 15 is 0 Å². The van der Waals surface area contributed by atoms with Crippen LogP contribution >= 0.6 is 0 Å². The zero-order chi connectivity index (χ0) is 12.3. The van der Waals surface area contributed by atoms with Crippen LogP contribution in [0.5, 0.6) is 0 Å². The highest BCUT2D eigenvalue weighted by Crippen LogP contribution is 2.11. The number of aryl methyl sites for hydroxylation is 1. The Bertz CT molecular complexity index is 496. The lowest BCUT2D eigenvalue weighted by Crippen LogP contribution is -2.18. The van der Waals surface area contributed by atoms with E-state index in [1.54, 1.807) is 17.1 Å². The molecule has 0 aromatic carbocycles. The number of rotatable bonds is 4. The predicted molar refractivity (Wildman–Crippen MR) is 63.3 cm³/mol. The summed E-state index contributed by atoms with van der Waals surface area (Å²) in [4.78, 5) is 10.3. The summed E-state index contributed by atoms with van der Waals surface area (Å²) in [7, 11) is 3.81. The van der Waals surface area contributed by atoms with Gasteiger partial charge in [-0.2, -0.15) is 5.10 Å². The average Bonchev–Trinajstić information content (AvgIpc) is 2.75. The monoisotopic (exact) mass is 233 g/mol.